The van der Waals surface area contributed by atoms with Crippen molar-refractivity contribution in [2.75, 3.05) is 31.1 Å². The minimum absolute atomic E-state index is 0.122. The number of hydrogen-bond donors (Lipinski definition) is 0. The Morgan fingerprint density at radius 3 is 2.28 bits per heavy atom. The monoisotopic (exact) mass is 412 g/mol. The van der Waals surface area contributed by atoms with Crippen molar-refractivity contribution >= 4 is 34.7 Å². The molecule has 0 aliphatic carbocycles. The lowest BCUT2D eigenvalue weighted by Crippen LogP contribution is -2.47. The van der Waals surface area contributed by atoms with Crippen molar-refractivity contribution in [1.82, 2.24) is 14.0 Å². The van der Waals surface area contributed by atoms with Crippen LogP contribution in [0.1, 0.15) is 24.2 Å². The molecule has 1 saturated heterocycles. The highest BCUT2D eigenvalue weighted by atomic mass is 32.1. The van der Waals surface area contributed by atoms with Crippen LogP contribution < -0.4 is 4.90 Å². The maximum Gasteiger partial charge on any atom is 0.181 e. The molecule has 2 heterocycles. The molecule has 4 rings (SSSR count). The number of aryl methyl sites for hydroxylation is 1. The van der Waals surface area contributed by atoms with Gasteiger partial charge in [-0.2, -0.15) is 0 Å². The van der Waals surface area contributed by atoms with Crippen LogP contribution in [0.25, 0.3) is 11.0 Å². The van der Waals surface area contributed by atoms with Crippen LogP contribution in [0.2, 0.25) is 0 Å². The molecule has 0 saturated carbocycles. The SMILES string of the molecule is CCn1c(=S)n(CN2CCN(c3ccc(C(C)=O)cc3F)CC2)c2ccccc21. The van der Waals surface area contributed by atoms with Gasteiger partial charge >= 0.3 is 0 Å². The largest absolute Gasteiger partial charge is 0.367 e. The average Bonchev–Trinajstić information content (AvgIpc) is 2.99. The van der Waals surface area contributed by atoms with Gasteiger partial charge in [0.2, 0.25) is 0 Å². The third-order valence-corrected chi connectivity index (χ3v) is 6.09. The highest BCUT2D eigenvalue weighted by molar-refractivity contribution is 7.71. The smallest absolute Gasteiger partial charge is 0.181 e. The van der Waals surface area contributed by atoms with Crippen molar-refractivity contribution in [3.8, 4) is 0 Å². The Kier molecular flexibility index (Phi) is 5.52. The van der Waals surface area contributed by atoms with Crippen LogP contribution in [0.3, 0.4) is 0 Å². The van der Waals surface area contributed by atoms with Gasteiger partial charge in [-0.25, -0.2) is 4.39 Å². The number of ketones is 1. The molecule has 29 heavy (non-hydrogen) atoms. The van der Waals surface area contributed by atoms with Crippen LogP contribution in [-0.2, 0) is 13.2 Å². The fourth-order valence-corrected chi connectivity index (χ4v) is 4.41. The van der Waals surface area contributed by atoms with E-state index in [1.807, 2.05) is 17.0 Å². The van der Waals surface area contributed by atoms with Gasteiger partial charge in [-0.1, -0.05) is 12.1 Å². The van der Waals surface area contributed by atoms with Crippen LogP contribution in [0.15, 0.2) is 42.5 Å². The number of rotatable bonds is 5. The van der Waals surface area contributed by atoms with Crippen LogP contribution in [0.5, 0.6) is 0 Å². The molecule has 0 amide bonds. The summed E-state index contributed by atoms with van der Waals surface area (Å²) in [6.45, 7) is 8.24. The van der Waals surface area contributed by atoms with Crippen molar-refractivity contribution in [3.63, 3.8) is 0 Å². The Morgan fingerprint density at radius 1 is 1.03 bits per heavy atom. The number of benzene rings is 2. The molecule has 0 unspecified atom stereocenters. The third-order valence-electron chi connectivity index (χ3n) is 5.65. The first kappa shape index (κ1) is 19.8. The lowest BCUT2D eigenvalue weighted by molar-refractivity contribution is 0.101. The fraction of sp³-hybridized carbons (Fsp3) is 0.364. The Bertz CT molecular complexity index is 1110. The molecule has 2 aromatic carbocycles. The first-order chi connectivity index (χ1) is 14.0. The van der Waals surface area contributed by atoms with E-state index in [1.54, 1.807) is 12.1 Å². The molecule has 1 aromatic heterocycles. The van der Waals surface area contributed by atoms with Crippen molar-refractivity contribution < 1.29 is 9.18 Å². The second-order valence-electron chi connectivity index (χ2n) is 7.41. The number of hydrogen-bond acceptors (Lipinski definition) is 4. The minimum Gasteiger partial charge on any atom is -0.367 e. The molecule has 5 nitrogen and oxygen atoms in total. The summed E-state index contributed by atoms with van der Waals surface area (Å²) in [6.07, 6.45) is 0. The zero-order valence-corrected chi connectivity index (χ0v) is 17.6. The number of imidazole rings is 1. The quantitative estimate of drug-likeness (QED) is 0.462. The number of aromatic nitrogens is 2. The van der Waals surface area contributed by atoms with E-state index >= 15 is 0 Å². The lowest BCUT2D eigenvalue weighted by Gasteiger charge is -2.36. The molecule has 0 bridgehead atoms. The van der Waals surface area contributed by atoms with E-state index in [4.69, 9.17) is 12.2 Å². The predicted octanol–water partition coefficient (Wildman–Crippen LogP) is 4.31. The van der Waals surface area contributed by atoms with Crippen LogP contribution in [-0.4, -0.2) is 46.0 Å². The summed E-state index contributed by atoms with van der Waals surface area (Å²) in [7, 11) is 0. The predicted molar refractivity (Wildman–Crippen MR) is 117 cm³/mol. The average molecular weight is 413 g/mol. The van der Waals surface area contributed by atoms with Gasteiger partial charge in [0.15, 0.2) is 10.6 Å². The second-order valence-corrected chi connectivity index (χ2v) is 7.78. The van der Waals surface area contributed by atoms with Crippen molar-refractivity contribution in [1.29, 1.82) is 0 Å². The highest BCUT2D eigenvalue weighted by Gasteiger charge is 2.21. The molecule has 1 fully saturated rings. The molecule has 0 radical (unpaired) electrons. The van der Waals surface area contributed by atoms with E-state index in [1.165, 1.54) is 13.0 Å². The van der Waals surface area contributed by atoms with Crippen LogP contribution in [0, 0.1) is 10.6 Å². The zero-order valence-electron chi connectivity index (χ0n) is 16.8. The van der Waals surface area contributed by atoms with Crippen LogP contribution in [0.4, 0.5) is 10.1 Å². The van der Waals surface area contributed by atoms with Gasteiger partial charge in [-0.05, 0) is 56.4 Å². The number of piperazine rings is 1. The van der Waals surface area contributed by atoms with E-state index in [0.29, 0.717) is 11.3 Å². The number of anilines is 1. The second kappa shape index (κ2) is 8.08. The lowest BCUT2D eigenvalue weighted by atomic mass is 10.1. The molecule has 3 aromatic rings. The first-order valence-electron chi connectivity index (χ1n) is 9.95. The maximum atomic E-state index is 14.5. The van der Waals surface area contributed by atoms with Crippen molar-refractivity contribution in [3.05, 3.63) is 58.6 Å². The zero-order chi connectivity index (χ0) is 20.5. The van der Waals surface area contributed by atoms with Gasteiger partial charge in [0.1, 0.15) is 5.82 Å². The van der Waals surface area contributed by atoms with Gasteiger partial charge in [-0.3, -0.25) is 9.69 Å². The maximum absolute atomic E-state index is 14.5. The molecule has 7 heteroatoms. The van der Waals surface area contributed by atoms with E-state index < -0.39 is 0 Å². The third kappa shape index (κ3) is 3.72. The number of halogens is 1. The van der Waals surface area contributed by atoms with Gasteiger partial charge in [-0.15, -0.1) is 0 Å². The normalized spacial score (nSPS) is 15.2. The van der Waals surface area contributed by atoms with Crippen molar-refractivity contribution in [2.45, 2.75) is 27.1 Å². The molecule has 1 aliphatic heterocycles. The summed E-state index contributed by atoms with van der Waals surface area (Å²) < 4.78 is 19.7. The van der Waals surface area contributed by atoms with Gasteiger partial charge in [0.25, 0.3) is 0 Å². The Morgan fingerprint density at radius 2 is 1.69 bits per heavy atom. The summed E-state index contributed by atoms with van der Waals surface area (Å²) in [6, 6.07) is 13.1. The van der Waals surface area contributed by atoms with Gasteiger partial charge in [0, 0.05) is 38.3 Å². The number of Topliss-reactive ketones (excluding diaryl/α,β-unsaturated/α-hetero) is 1. The minimum atomic E-state index is -0.334. The molecule has 1 aliphatic rings. The summed E-state index contributed by atoms with van der Waals surface area (Å²) in [4.78, 5) is 15.8. The topological polar surface area (TPSA) is 33.4 Å². The first-order valence-corrected chi connectivity index (χ1v) is 10.4. The number of carbonyl (C=O) groups is 1. The molecular weight excluding hydrogens is 387 g/mol. The fourth-order valence-electron chi connectivity index (χ4n) is 4.03. The summed E-state index contributed by atoms with van der Waals surface area (Å²) >= 11 is 5.72. The number of nitrogens with zero attached hydrogens (tertiary/aromatic N) is 4. The summed E-state index contributed by atoms with van der Waals surface area (Å²) in [5.41, 5.74) is 3.28. The van der Waals surface area contributed by atoms with E-state index in [9.17, 15) is 9.18 Å². The number of carbonyl (C=O) groups excluding carboxylic acids is 1. The molecule has 0 N–H and O–H groups in total. The molecule has 0 spiro atoms. The molecular formula is C22H25FN4OS. The van der Waals surface area contributed by atoms with Gasteiger partial charge in [0.05, 0.1) is 23.4 Å². The standard InChI is InChI=1S/C22H25FN4OS/c1-3-26-20-6-4-5-7-21(20)27(22(26)29)15-24-10-12-25(13-11-24)19-9-8-17(16(2)28)14-18(19)23/h4-9,14H,3,10-13,15H2,1-2H3. The van der Waals surface area contributed by atoms with E-state index in [-0.39, 0.29) is 11.6 Å². The highest BCUT2D eigenvalue weighted by Crippen LogP contribution is 2.23. The molecule has 152 valence electrons. The Hall–Kier alpha value is -2.51. The summed E-state index contributed by atoms with van der Waals surface area (Å²) in [5.74, 6) is -0.456. The number of para-hydroxylation sites is 2. The summed E-state index contributed by atoms with van der Waals surface area (Å²) in [5, 5.41) is 0. The van der Waals surface area contributed by atoms with Crippen molar-refractivity contribution in [2.24, 2.45) is 0 Å². The number of fused-ring (bicyclic) bond motifs is 1. The Balaban J connectivity index is 1.49. The van der Waals surface area contributed by atoms with E-state index in [2.05, 4.69) is 33.1 Å². The van der Waals surface area contributed by atoms with E-state index in [0.717, 1.165) is 55.2 Å². The van der Waals surface area contributed by atoms with Crippen LogP contribution >= 0.6 is 12.2 Å². The van der Waals surface area contributed by atoms with Gasteiger partial charge < -0.3 is 14.0 Å². The Labute approximate surface area is 175 Å². The molecule has 0 atom stereocenters.